The Balaban J connectivity index is 2.22. The number of rotatable bonds is 6. The van der Waals surface area contributed by atoms with Crippen molar-refractivity contribution >= 4 is 34.5 Å². The van der Waals surface area contributed by atoms with E-state index in [1.165, 1.54) is 0 Å². The summed E-state index contributed by atoms with van der Waals surface area (Å²) in [6.07, 6.45) is 2.48. The molecule has 2 rings (SSSR count). The number of hydrogen-bond acceptors (Lipinski definition) is 6. The number of carbonyl (C=O) groups excluding carboxylic acids is 2. The first-order valence-electron chi connectivity index (χ1n) is 13.3. The lowest BCUT2D eigenvalue weighted by Crippen LogP contribution is -2.48. The standard InChI is InChI=1S/C27H50N2O6Si2/c1-25(2,3)34-24(31)29-22-15-14-18(23(30)28-22)19-16-20(35-37(12,13)27(7,8)9)21(33-19)17-32-36(10,11)26(4,5)6/h14-15,18-21H,16-17H2,1-13H3,(H,28,29,30,31)/t18?,19-,20-,21-/m1/s1. The zero-order chi connectivity index (χ0) is 28.6. The molecule has 0 radical (unpaired) electrons. The Hall–Kier alpha value is -1.34. The van der Waals surface area contributed by atoms with Gasteiger partial charge in [-0.05, 0) is 63.1 Å². The lowest BCUT2D eigenvalue weighted by atomic mass is 9.95. The third kappa shape index (κ3) is 8.58. The topological polar surface area (TPSA) is 95.5 Å². The number of nitrogens with zero attached hydrogens (tertiary/aromatic N) is 1. The SMILES string of the molecule is CC(C)(C)OC(=O)N=C1C=CC([C@H]2C[C@@H](O[Si](C)(C)C(C)(C)C)[C@@H](CO[Si](C)(C)C(C)(C)C)O2)C(=O)N1. The number of aliphatic imine (C=N–C) groups is 1. The zero-order valence-electron chi connectivity index (χ0n) is 25.3. The summed E-state index contributed by atoms with van der Waals surface area (Å²) in [4.78, 5) is 29.0. The lowest BCUT2D eigenvalue weighted by Gasteiger charge is -2.40. The number of amidine groups is 1. The van der Waals surface area contributed by atoms with Crippen molar-refractivity contribution in [3.63, 3.8) is 0 Å². The van der Waals surface area contributed by atoms with Crippen molar-refractivity contribution in [3.8, 4) is 0 Å². The van der Waals surface area contributed by atoms with Crippen LogP contribution in [-0.4, -0.2) is 65.0 Å². The molecule has 0 aliphatic carbocycles. The lowest BCUT2D eigenvalue weighted by molar-refractivity contribution is -0.127. The third-order valence-electron chi connectivity index (χ3n) is 7.92. The van der Waals surface area contributed by atoms with Gasteiger partial charge in [0.15, 0.2) is 16.6 Å². The molecule has 2 amide bonds. The summed E-state index contributed by atoms with van der Waals surface area (Å²) in [6, 6.07) is 0. The van der Waals surface area contributed by atoms with Crippen molar-refractivity contribution in [2.75, 3.05) is 6.61 Å². The van der Waals surface area contributed by atoms with Crippen LogP contribution in [0.15, 0.2) is 17.1 Å². The average Bonchev–Trinajstić information content (AvgIpc) is 3.04. The molecule has 2 aliphatic rings. The molecule has 1 saturated heterocycles. The van der Waals surface area contributed by atoms with Crippen LogP contribution in [0.25, 0.3) is 0 Å². The summed E-state index contributed by atoms with van der Waals surface area (Å²) in [5.41, 5.74) is -0.662. The van der Waals surface area contributed by atoms with Crippen molar-refractivity contribution in [1.82, 2.24) is 5.32 Å². The van der Waals surface area contributed by atoms with E-state index in [1.54, 1.807) is 32.9 Å². The molecule has 0 aromatic carbocycles. The van der Waals surface area contributed by atoms with Gasteiger partial charge < -0.3 is 23.6 Å². The number of amides is 2. The molecule has 1 N–H and O–H groups in total. The molecule has 1 fully saturated rings. The highest BCUT2D eigenvalue weighted by Gasteiger charge is 2.48. The molecule has 37 heavy (non-hydrogen) atoms. The van der Waals surface area contributed by atoms with Gasteiger partial charge in [0.2, 0.25) is 5.91 Å². The van der Waals surface area contributed by atoms with Gasteiger partial charge in [-0.1, -0.05) is 47.6 Å². The van der Waals surface area contributed by atoms with Crippen LogP contribution in [0.3, 0.4) is 0 Å². The van der Waals surface area contributed by atoms with Gasteiger partial charge in [-0.25, -0.2) is 4.79 Å². The quantitative estimate of drug-likeness (QED) is 0.393. The normalized spacial score (nSPS) is 26.9. The van der Waals surface area contributed by atoms with Gasteiger partial charge in [0.05, 0.1) is 24.7 Å². The molecule has 2 aliphatic heterocycles. The predicted molar refractivity (Wildman–Crippen MR) is 153 cm³/mol. The van der Waals surface area contributed by atoms with Crippen LogP contribution >= 0.6 is 0 Å². The fraction of sp³-hybridized carbons (Fsp3) is 0.815. The first kappa shape index (κ1) is 31.9. The van der Waals surface area contributed by atoms with Crippen LogP contribution in [0.4, 0.5) is 4.79 Å². The second-order valence-corrected chi connectivity index (χ2v) is 23.9. The minimum Gasteiger partial charge on any atom is -0.442 e. The molecule has 0 aromatic rings. The highest BCUT2D eigenvalue weighted by molar-refractivity contribution is 6.74. The Labute approximate surface area is 226 Å². The van der Waals surface area contributed by atoms with Crippen molar-refractivity contribution in [1.29, 1.82) is 0 Å². The molecule has 0 aromatic heterocycles. The molecule has 10 heteroatoms. The maximum absolute atomic E-state index is 13.0. The largest absolute Gasteiger partial charge is 0.442 e. The van der Waals surface area contributed by atoms with Gasteiger partial charge in [-0.15, -0.1) is 0 Å². The fourth-order valence-corrected chi connectivity index (χ4v) is 5.96. The average molecular weight is 555 g/mol. The maximum atomic E-state index is 13.0. The molecule has 0 saturated carbocycles. The van der Waals surface area contributed by atoms with Crippen molar-refractivity contribution in [2.45, 2.75) is 129 Å². The Kier molecular flexibility index (Phi) is 9.51. The van der Waals surface area contributed by atoms with Crippen molar-refractivity contribution in [2.24, 2.45) is 10.9 Å². The van der Waals surface area contributed by atoms with Crippen molar-refractivity contribution < 1.29 is 27.9 Å². The molecule has 4 atom stereocenters. The van der Waals surface area contributed by atoms with Gasteiger partial charge >= 0.3 is 6.09 Å². The Morgan fingerprint density at radius 3 is 2.08 bits per heavy atom. The van der Waals surface area contributed by atoms with Gasteiger partial charge in [0.25, 0.3) is 0 Å². The molecule has 0 spiro atoms. The maximum Gasteiger partial charge on any atom is 0.436 e. The van der Waals surface area contributed by atoms with E-state index in [2.05, 4.69) is 78.0 Å². The van der Waals surface area contributed by atoms with E-state index < -0.39 is 34.2 Å². The summed E-state index contributed by atoms with van der Waals surface area (Å²) in [7, 11) is -4.07. The van der Waals surface area contributed by atoms with Gasteiger partial charge in [-0.3, -0.25) is 4.79 Å². The number of carbonyl (C=O) groups is 2. The zero-order valence-corrected chi connectivity index (χ0v) is 27.3. The van der Waals surface area contributed by atoms with E-state index in [9.17, 15) is 9.59 Å². The van der Waals surface area contributed by atoms with E-state index in [-0.39, 0.29) is 40.1 Å². The number of hydrogen-bond donors (Lipinski definition) is 1. The molecule has 2 heterocycles. The van der Waals surface area contributed by atoms with E-state index in [0.29, 0.717) is 13.0 Å². The molecule has 1 unspecified atom stereocenters. The monoisotopic (exact) mass is 554 g/mol. The second-order valence-electron chi connectivity index (χ2n) is 14.3. The van der Waals surface area contributed by atoms with Gasteiger partial charge in [0.1, 0.15) is 17.5 Å². The van der Waals surface area contributed by atoms with Gasteiger partial charge in [0, 0.05) is 6.42 Å². The first-order chi connectivity index (χ1) is 16.5. The number of nitrogens with one attached hydrogen (secondary N) is 1. The van der Waals surface area contributed by atoms with Crippen LogP contribution in [-0.2, 0) is 23.1 Å². The highest BCUT2D eigenvalue weighted by Crippen LogP contribution is 2.42. The minimum absolute atomic E-state index is 0.0467. The summed E-state index contributed by atoms with van der Waals surface area (Å²) in [6.45, 7) is 28.0. The summed E-state index contributed by atoms with van der Waals surface area (Å²) in [5, 5.41) is 2.85. The van der Waals surface area contributed by atoms with Crippen LogP contribution in [0.2, 0.25) is 36.3 Å². The second kappa shape index (κ2) is 11.0. The Morgan fingerprint density at radius 1 is 1.03 bits per heavy atom. The summed E-state index contributed by atoms with van der Waals surface area (Å²) in [5.74, 6) is -0.604. The van der Waals surface area contributed by atoms with Crippen molar-refractivity contribution in [3.05, 3.63) is 12.2 Å². The Morgan fingerprint density at radius 2 is 1.59 bits per heavy atom. The van der Waals surface area contributed by atoms with Crippen LogP contribution in [0, 0.1) is 5.92 Å². The van der Waals surface area contributed by atoms with E-state index in [1.807, 2.05) is 0 Å². The van der Waals surface area contributed by atoms with Crippen LogP contribution in [0.5, 0.6) is 0 Å². The molecule has 8 nitrogen and oxygen atoms in total. The third-order valence-corrected chi connectivity index (χ3v) is 16.9. The molecule has 0 bridgehead atoms. The molecular formula is C27H50N2O6Si2. The first-order valence-corrected chi connectivity index (χ1v) is 19.1. The Bertz CT molecular complexity index is 909. The summed E-state index contributed by atoms with van der Waals surface area (Å²) >= 11 is 0. The minimum atomic E-state index is -2.08. The smallest absolute Gasteiger partial charge is 0.436 e. The van der Waals surface area contributed by atoms with Gasteiger partial charge in [-0.2, -0.15) is 4.99 Å². The van der Waals surface area contributed by atoms with E-state index in [0.717, 1.165) is 0 Å². The van der Waals surface area contributed by atoms with E-state index >= 15 is 0 Å². The highest BCUT2D eigenvalue weighted by atomic mass is 28.4. The van der Waals surface area contributed by atoms with E-state index in [4.69, 9.17) is 18.3 Å². The number of ether oxygens (including phenoxy) is 2. The van der Waals surface area contributed by atoms with Crippen LogP contribution < -0.4 is 5.32 Å². The summed E-state index contributed by atoms with van der Waals surface area (Å²) < 4.78 is 25.0. The fourth-order valence-electron chi connectivity index (χ4n) is 3.59. The molecular weight excluding hydrogens is 504 g/mol. The van der Waals surface area contributed by atoms with Crippen LogP contribution in [0.1, 0.15) is 68.7 Å². The molecule has 212 valence electrons. The predicted octanol–water partition coefficient (Wildman–Crippen LogP) is 6.19.